The van der Waals surface area contributed by atoms with Gasteiger partial charge in [-0.15, -0.1) is 0 Å². The lowest BCUT2D eigenvalue weighted by atomic mass is 10.1. The minimum absolute atomic E-state index is 0.233. The zero-order chi connectivity index (χ0) is 8.72. The predicted molar refractivity (Wildman–Crippen MR) is 39.1 cm³/mol. The second-order valence-corrected chi connectivity index (χ2v) is 2.72. The fourth-order valence-corrected chi connectivity index (χ4v) is 1.10. The monoisotopic (exact) mass is 168 g/mol. The minimum atomic E-state index is -0.906. The molecule has 2 N–H and O–H groups in total. The molecule has 6 nitrogen and oxygen atoms in total. The Hall–Kier alpha value is -1.43. The number of nitrogens with zero attached hydrogens (tertiary/aromatic N) is 3. The fourth-order valence-electron chi connectivity index (χ4n) is 1.10. The van der Waals surface area contributed by atoms with Crippen molar-refractivity contribution in [1.82, 2.24) is 14.8 Å². The second-order valence-electron chi connectivity index (χ2n) is 2.72. The van der Waals surface area contributed by atoms with Crippen LogP contribution in [-0.2, 0) is 4.79 Å². The molecule has 12 heavy (non-hydrogen) atoms. The Morgan fingerprint density at radius 3 is 3.25 bits per heavy atom. The number of hydrogen-bond donors (Lipinski definition) is 2. The Bertz CT molecular complexity index is 321. The first-order valence-electron chi connectivity index (χ1n) is 3.58. The fraction of sp³-hybridized carbons (Fsp3) is 0.500. The van der Waals surface area contributed by atoms with Crippen molar-refractivity contribution in [2.24, 2.45) is 5.92 Å². The molecule has 0 radical (unpaired) electrons. The molecule has 2 heterocycles. The van der Waals surface area contributed by atoms with Crippen LogP contribution in [0.3, 0.4) is 0 Å². The second kappa shape index (κ2) is 2.28. The van der Waals surface area contributed by atoms with E-state index in [4.69, 9.17) is 0 Å². The van der Waals surface area contributed by atoms with Gasteiger partial charge in [-0.2, -0.15) is 10.1 Å². The van der Waals surface area contributed by atoms with Crippen molar-refractivity contribution < 1.29 is 9.90 Å². The summed E-state index contributed by atoms with van der Waals surface area (Å²) in [4.78, 5) is 14.9. The van der Waals surface area contributed by atoms with Crippen molar-refractivity contribution in [2.45, 2.75) is 13.2 Å². The lowest BCUT2D eigenvalue weighted by Crippen LogP contribution is -2.36. The molecule has 0 saturated carbocycles. The molecule has 0 spiro atoms. The number of anilines is 1. The predicted octanol–water partition coefficient (Wildman–Crippen LogP) is -0.643. The third kappa shape index (κ3) is 0.814. The van der Waals surface area contributed by atoms with Gasteiger partial charge in [-0.05, 0) is 6.92 Å². The molecule has 1 aliphatic heterocycles. The third-order valence-electron chi connectivity index (χ3n) is 1.92. The highest BCUT2D eigenvalue weighted by atomic mass is 16.3. The molecular formula is C6H8N4O2. The topological polar surface area (TPSA) is 80.0 Å². The molecule has 0 aromatic carbocycles. The van der Waals surface area contributed by atoms with Crippen molar-refractivity contribution in [3.8, 4) is 0 Å². The van der Waals surface area contributed by atoms with E-state index in [0.29, 0.717) is 5.95 Å². The average molecular weight is 168 g/mol. The van der Waals surface area contributed by atoms with Crippen molar-refractivity contribution in [3.05, 3.63) is 6.33 Å². The average Bonchev–Trinajstić information content (AvgIpc) is 2.48. The molecule has 2 unspecified atom stereocenters. The van der Waals surface area contributed by atoms with Crippen LogP contribution in [0.1, 0.15) is 13.2 Å². The first-order valence-corrected chi connectivity index (χ1v) is 3.58. The van der Waals surface area contributed by atoms with Crippen molar-refractivity contribution in [3.63, 3.8) is 0 Å². The van der Waals surface area contributed by atoms with Crippen LogP contribution in [0.2, 0.25) is 0 Å². The van der Waals surface area contributed by atoms with E-state index in [-0.39, 0.29) is 5.91 Å². The molecular weight excluding hydrogens is 160 g/mol. The molecule has 2 atom stereocenters. The first kappa shape index (κ1) is 7.23. The van der Waals surface area contributed by atoms with Crippen molar-refractivity contribution >= 4 is 11.9 Å². The number of hydrogen-bond acceptors (Lipinski definition) is 4. The molecule has 1 amide bonds. The van der Waals surface area contributed by atoms with Gasteiger partial charge < -0.3 is 5.11 Å². The number of carbonyl (C=O) groups excluding carboxylic acids is 1. The van der Waals surface area contributed by atoms with Crippen LogP contribution >= 0.6 is 0 Å². The summed E-state index contributed by atoms with van der Waals surface area (Å²) < 4.78 is 1.28. The summed E-state index contributed by atoms with van der Waals surface area (Å²) in [5.41, 5.74) is 0. The summed E-state index contributed by atoms with van der Waals surface area (Å²) in [6, 6.07) is 0. The van der Waals surface area contributed by atoms with Crippen LogP contribution in [0.4, 0.5) is 5.95 Å². The maximum absolute atomic E-state index is 11.1. The maximum atomic E-state index is 11.1. The number of carbonyl (C=O) groups is 1. The van der Waals surface area contributed by atoms with Gasteiger partial charge in [0.15, 0.2) is 6.23 Å². The van der Waals surface area contributed by atoms with Gasteiger partial charge in [-0.25, -0.2) is 4.68 Å². The first-order chi connectivity index (χ1) is 5.70. The smallest absolute Gasteiger partial charge is 0.234 e. The van der Waals surface area contributed by atoms with Crippen LogP contribution < -0.4 is 5.32 Å². The van der Waals surface area contributed by atoms with E-state index in [1.165, 1.54) is 11.0 Å². The Morgan fingerprint density at radius 1 is 1.75 bits per heavy atom. The molecule has 2 rings (SSSR count). The number of rotatable bonds is 0. The number of nitrogens with one attached hydrogen (secondary N) is 1. The SMILES string of the molecule is CC1C(=O)Nc2ncnn2C1O. The molecule has 1 aromatic rings. The normalized spacial score (nSPS) is 28.0. The molecule has 0 aliphatic carbocycles. The van der Waals surface area contributed by atoms with Crippen molar-refractivity contribution in [1.29, 1.82) is 0 Å². The van der Waals surface area contributed by atoms with E-state index < -0.39 is 12.1 Å². The molecule has 1 aromatic heterocycles. The van der Waals surface area contributed by atoms with Gasteiger partial charge in [-0.1, -0.05) is 0 Å². The van der Waals surface area contributed by atoms with Crippen LogP contribution in [0.15, 0.2) is 6.33 Å². The highest BCUT2D eigenvalue weighted by Crippen LogP contribution is 2.23. The van der Waals surface area contributed by atoms with Crippen LogP contribution in [0.5, 0.6) is 0 Å². The standard InChI is InChI=1S/C6H8N4O2/c1-3-4(11)9-6-7-2-8-10(6)5(3)12/h2-3,5,12H,1H3,(H,7,8,9,11). The third-order valence-corrected chi connectivity index (χ3v) is 1.92. The lowest BCUT2D eigenvalue weighted by Gasteiger charge is -2.24. The Balaban J connectivity index is 2.45. The molecule has 1 aliphatic rings. The Kier molecular flexibility index (Phi) is 1.37. The Labute approximate surface area is 68.2 Å². The maximum Gasteiger partial charge on any atom is 0.234 e. The zero-order valence-corrected chi connectivity index (χ0v) is 6.43. The van der Waals surface area contributed by atoms with Crippen LogP contribution in [-0.4, -0.2) is 25.8 Å². The minimum Gasteiger partial charge on any atom is -0.371 e. The van der Waals surface area contributed by atoms with E-state index >= 15 is 0 Å². The molecule has 6 heteroatoms. The highest BCUT2D eigenvalue weighted by molar-refractivity contribution is 5.92. The number of aliphatic hydroxyl groups is 1. The van der Waals surface area contributed by atoms with E-state index in [9.17, 15) is 9.90 Å². The molecule has 0 bridgehead atoms. The Morgan fingerprint density at radius 2 is 2.50 bits per heavy atom. The van der Waals surface area contributed by atoms with Crippen molar-refractivity contribution in [2.75, 3.05) is 5.32 Å². The quantitative estimate of drug-likeness (QED) is 0.539. The number of fused-ring (bicyclic) bond motifs is 1. The highest BCUT2D eigenvalue weighted by Gasteiger charge is 2.31. The van der Waals surface area contributed by atoms with E-state index in [1.807, 2.05) is 0 Å². The largest absolute Gasteiger partial charge is 0.371 e. The molecule has 0 fully saturated rings. The van der Waals surface area contributed by atoms with Crippen LogP contribution in [0.25, 0.3) is 0 Å². The van der Waals surface area contributed by atoms with Gasteiger partial charge in [0, 0.05) is 0 Å². The van der Waals surface area contributed by atoms with Gasteiger partial charge in [0.2, 0.25) is 11.9 Å². The molecule has 64 valence electrons. The summed E-state index contributed by atoms with van der Waals surface area (Å²) in [6.45, 7) is 1.63. The van der Waals surface area contributed by atoms with Gasteiger partial charge in [0.1, 0.15) is 6.33 Å². The lowest BCUT2D eigenvalue weighted by molar-refractivity contribution is -0.126. The summed E-state index contributed by atoms with van der Waals surface area (Å²) >= 11 is 0. The summed E-state index contributed by atoms with van der Waals surface area (Å²) in [6.07, 6.45) is 0.382. The number of amides is 1. The number of aromatic nitrogens is 3. The zero-order valence-electron chi connectivity index (χ0n) is 6.43. The van der Waals surface area contributed by atoms with Gasteiger partial charge in [-0.3, -0.25) is 10.1 Å². The van der Waals surface area contributed by atoms with Gasteiger partial charge in [0.05, 0.1) is 5.92 Å². The van der Waals surface area contributed by atoms with E-state index in [2.05, 4.69) is 15.4 Å². The van der Waals surface area contributed by atoms with E-state index in [0.717, 1.165) is 0 Å². The summed E-state index contributed by atoms with van der Waals surface area (Å²) in [5, 5.41) is 15.8. The summed E-state index contributed by atoms with van der Waals surface area (Å²) in [5.74, 6) is -0.423. The number of aliphatic hydroxyl groups excluding tert-OH is 1. The van der Waals surface area contributed by atoms with Gasteiger partial charge >= 0.3 is 0 Å². The van der Waals surface area contributed by atoms with Gasteiger partial charge in [0.25, 0.3) is 0 Å². The van der Waals surface area contributed by atoms with Crippen LogP contribution in [0, 0.1) is 5.92 Å². The molecule has 0 saturated heterocycles. The van der Waals surface area contributed by atoms with E-state index in [1.54, 1.807) is 6.92 Å². The summed E-state index contributed by atoms with van der Waals surface area (Å²) in [7, 11) is 0.